The quantitative estimate of drug-likeness (QED) is 0.681. The summed E-state index contributed by atoms with van der Waals surface area (Å²) in [6, 6.07) is 9.52. The normalized spacial score (nSPS) is 33.3. The molecule has 0 bridgehead atoms. The van der Waals surface area contributed by atoms with Gasteiger partial charge in [-0.05, 0) is 12.0 Å². The Morgan fingerprint density at radius 3 is 2.50 bits per heavy atom. The summed E-state index contributed by atoms with van der Waals surface area (Å²) in [6.45, 7) is 0.0748. The van der Waals surface area contributed by atoms with Crippen LogP contribution in [0.25, 0.3) is 0 Å². The highest BCUT2D eigenvalue weighted by molar-refractivity contribution is 5.29. The van der Waals surface area contributed by atoms with Gasteiger partial charge in [0.25, 0.3) is 0 Å². The molecular formula is C10H12O2. The number of aliphatic hydroxyl groups excluding tert-OH is 1. The number of hydrogen-bond donors (Lipinski definition) is 2. The molecule has 0 aliphatic heterocycles. The number of aliphatic hydroxyl groups is 2. The molecule has 2 atom stereocenters. The van der Waals surface area contributed by atoms with Gasteiger partial charge in [-0.3, -0.25) is 0 Å². The van der Waals surface area contributed by atoms with Crippen molar-refractivity contribution in [3.8, 4) is 0 Å². The van der Waals surface area contributed by atoms with Gasteiger partial charge in [-0.15, -0.1) is 0 Å². The lowest BCUT2D eigenvalue weighted by molar-refractivity contribution is 0.111. The van der Waals surface area contributed by atoms with E-state index in [2.05, 4.69) is 0 Å². The number of hydrogen-bond acceptors (Lipinski definition) is 2. The molecule has 2 rings (SSSR count). The van der Waals surface area contributed by atoms with Crippen molar-refractivity contribution in [2.75, 3.05) is 6.61 Å². The summed E-state index contributed by atoms with van der Waals surface area (Å²) in [7, 11) is 0. The van der Waals surface area contributed by atoms with Crippen LogP contribution in [0.3, 0.4) is 0 Å². The molecule has 1 saturated carbocycles. The van der Waals surface area contributed by atoms with E-state index in [1.807, 2.05) is 30.3 Å². The maximum absolute atomic E-state index is 9.90. The average molecular weight is 164 g/mol. The van der Waals surface area contributed by atoms with E-state index in [1.54, 1.807) is 0 Å². The highest BCUT2D eigenvalue weighted by Gasteiger charge is 2.53. The Kier molecular flexibility index (Phi) is 1.67. The summed E-state index contributed by atoms with van der Waals surface area (Å²) in [5.41, 5.74) is 0.180. The van der Waals surface area contributed by atoms with Gasteiger partial charge in [0.2, 0.25) is 0 Å². The summed E-state index contributed by atoms with van der Waals surface area (Å²) in [4.78, 5) is 0. The van der Waals surface area contributed by atoms with Crippen molar-refractivity contribution in [2.45, 2.75) is 12.0 Å². The van der Waals surface area contributed by atoms with Gasteiger partial charge in [0, 0.05) is 12.5 Å². The van der Waals surface area contributed by atoms with Crippen LogP contribution >= 0.6 is 0 Å². The van der Waals surface area contributed by atoms with Gasteiger partial charge >= 0.3 is 0 Å². The van der Waals surface area contributed by atoms with E-state index in [9.17, 15) is 5.11 Å². The third-order valence-corrected chi connectivity index (χ3v) is 2.57. The lowest BCUT2D eigenvalue weighted by Crippen LogP contribution is -2.10. The first kappa shape index (κ1) is 7.77. The molecule has 1 fully saturated rings. The third kappa shape index (κ3) is 1.04. The topological polar surface area (TPSA) is 40.5 Å². The Morgan fingerprint density at radius 2 is 2.00 bits per heavy atom. The second kappa shape index (κ2) is 2.57. The summed E-state index contributed by atoms with van der Waals surface area (Å²) >= 11 is 0. The second-order valence-corrected chi connectivity index (χ2v) is 3.37. The van der Waals surface area contributed by atoms with E-state index >= 15 is 0 Å². The monoisotopic (exact) mass is 164 g/mol. The highest BCUT2D eigenvalue weighted by atomic mass is 16.3. The van der Waals surface area contributed by atoms with Crippen LogP contribution in [0.1, 0.15) is 12.0 Å². The minimum absolute atomic E-state index is 0.0416. The minimum Gasteiger partial charge on any atom is -0.396 e. The smallest absolute Gasteiger partial charge is 0.0952 e. The third-order valence-electron chi connectivity index (χ3n) is 2.57. The van der Waals surface area contributed by atoms with Gasteiger partial charge in [0.15, 0.2) is 0 Å². The molecular weight excluding hydrogens is 152 g/mol. The molecule has 0 unspecified atom stereocenters. The molecule has 0 spiro atoms. The zero-order valence-corrected chi connectivity index (χ0v) is 6.77. The van der Waals surface area contributed by atoms with E-state index in [0.29, 0.717) is 6.42 Å². The number of benzene rings is 1. The maximum atomic E-state index is 9.90. The van der Waals surface area contributed by atoms with Crippen LogP contribution in [0.15, 0.2) is 30.3 Å². The molecule has 1 aromatic carbocycles. The summed E-state index contributed by atoms with van der Waals surface area (Å²) in [5, 5.41) is 18.7. The first-order valence-corrected chi connectivity index (χ1v) is 4.16. The molecule has 1 aromatic rings. The van der Waals surface area contributed by atoms with Gasteiger partial charge in [0.05, 0.1) is 5.60 Å². The molecule has 0 aromatic heterocycles. The predicted molar refractivity (Wildman–Crippen MR) is 45.5 cm³/mol. The first-order chi connectivity index (χ1) is 5.77. The van der Waals surface area contributed by atoms with Crippen LogP contribution in [0.2, 0.25) is 0 Å². The molecule has 64 valence electrons. The van der Waals surface area contributed by atoms with Crippen molar-refractivity contribution in [1.29, 1.82) is 0 Å². The molecule has 2 heteroatoms. The molecule has 0 amide bonds. The molecule has 0 radical (unpaired) electrons. The molecule has 12 heavy (non-hydrogen) atoms. The van der Waals surface area contributed by atoms with Gasteiger partial charge in [-0.2, -0.15) is 0 Å². The predicted octanol–water partition coefficient (Wildman–Crippen LogP) is 0.886. The van der Waals surface area contributed by atoms with Crippen LogP contribution in [0, 0.1) is 5.92 Å². The van der Waals surface area contributed by atoms with Crippen molar-refractivity contribution in [3.63, 3.8) is 0 Å². The lowest BCUT2D eigenvalue weighted by Gasteiger charge is -2.08. The van der Waals surface area contributed by atoms with Gasteiger partial charge in [0.1, 0.15) is 0 Å². The average Bonchev–Trinajstić information content (AvgIpc) is 2.81. The van der Waals surface area contributed by atoms with E-state index in [4.69, 9.17) is 5.11 Å². The fourth-order valence-electron chi connectivity index (χ4n) is 1.61. The van der Waals surface area contributed by atoms with Crippen molar-refractivity contribution >= 4 is 0 Å². The fourth-order valence-corrected chi connectivity index (χ4v) is 1.61. The summed E-state index contributed by atoms with van der Waals surface area (Å²) < 4.78 is 0. The van der Waals surface area contributed by atoms with E-state index in [-0.39, 0.29) is 12.5 Å². The Labute approximate surface area is 71.5 Å². The maximum Gasteiger partial charge on any atom is 0.0952 e. The van der Waals surface area contributed by atoms with Crippen LogP contribution in [-0.2, 0) is 5.60 Å². The zero-order valence-electron chi connectivity index (χ0n) is 6.77. The molecule has 2 N–H and O–H groups in total. The lowest BCUT2D eigenvalue weighted by atomic mass is 10.1. The molecule has 1 aliphatic carbocycles. The Bertz CT molecular complexity index is 270. The van der Waals surface area contributed by atoms with Gasteiger partial charge in [-0.1, -0.05) is 30.3 Å². The summed E-state index contributed by atoms with van der Waals surface area (Å²) in [6.07, 6.45) is 0.688. The second-order valence-electron chi connectivity index (χ2n) is 3.37. The summed E-state index contributed by atoms with van der Waals surface area (Å²) in [5.74, 6) is 0.0416. The van der Waals surface area contributed by atoms with Crippen molar-refractivity contribution in [3.05, 3.63) is 35.9 Å². The van der Waals surface area contributed by atoms with Crippen molar-refractivity contribution < 1.29 is 10.2 Å². The zero-order chi connectivity index (χ0) is 8.60. The van der Waals surface area contributed by atoms with Gasteiger partial charge < -0.3 is 10.2 Å². The first-order valence-electron chi connectivity index (χ1n) is 4.16. The van der Waals surface area contributed by atoms with Crippen LogP contribution in [0.5, 0.6) is 0 Å². The van der Waals surface area contributed by atoms with Gasteiger partial charge in [-0.25, -0.2) is 0 Å². The largest absolute Gasteiger partial charge is 0.396 e. The standard InChI is InChI=1S/C10H12O2/c11-7-9-6-10(9,12)8-4-2-1-3-5-8/h1-5,9,11-12H,6-7H2/t9-,10+/m0/s1. The fraction of sp³-hybridized carbons (Fsp3) is 0.400. The van der Waals surface area contributed by atoms with Crippen molar-refractivity contribution in [1.82, 2.24) is 0 Å². The van der Waals surface area contributed by atoms with E-state index < -0.39 is 5.60 Å². The van der Waals surface area contributed by atoms with E-state index in [1.165, 1.54) is 0 Å². The molecule has 2 nitrogen and oxygen atoms in total. The highest BCUT2D eigenvalue weighted by Crippen LogP contribution is 2.51. The molecule has 0 saturated heterocycles. The van der Waals surface area contributed by atoms with Crippen LogP contribution in [-0.4, -0.2) is 16.8 Å². The Hall–Kier alpha value is -0.860. The van der Waals surface area contributed by atoms with Crippen LogP contribution in [0.4, 0.5) is 0 Å². The van der Waals surface area contributed by atoms with Crippen molar-refractivity contribution in [2.24, 2.45) is 5.92 Å². The molecule has 0 heterocycles. The SMILES string of the molecule is OC[C@@H]1C[C@@]1(O)c1ccccc1. The minimum atomic E-state index is -0.740. The molecule has 1 aliphatic rings. The van der Waals surface area contributed by atoms with E-state index in [0.717, 1.165) is 5.56 Å². The number of rotatable bonds is 2. The van der Waals surface area contributed by atoms with Crippen LogP contribution < -0.4 is 0 Å². The Morgan fingerprint density at radius 1 is 1.33 bits per heavy atom. The Balaban J connectivity index is 2.23.